The number of ketones is 1. The van der Waals surface area contributed by atoms with Crippen molar-refractivity contribution in [3.63, 3.8) is 0 Å². The van der Waals surface area contributed by atoms with Crippen molar-refractivity contribution in [2.45, 2.75) is 19.8 Å². The summed E-state index contributed by atoms with van der Waals surface area (Å²) in [7, 11) is 0. The first-order valence-corrected chi connectivity index (χ1v) is 6.44. The summed E-state index contributed by atoms with van der Waals surface area (Å²) in [5.41, 5.74) is 2.87. The molecule has 0 amide bonds. The molecule has 0 heterocycles. The third-order valence-electron chi connectivity index (χ3n) is 3.43. The smallest absolute Gasteiger partial charge is 0.310 e. The Kier molecular flexibility index (Phi) is 3.99. The fourth-order valence-corrected chi connectivity index (χ4v) is 2.05. The molecular formula is C17H16O3. The molecule has 102 valence electrons. The fraction of sp³-hybridized carbons (Fsp3) is 0.176. The summed E-state index contributed by atoms with van der Waals surface area (Å²) in [6.45, 7) is 3.52. The highest BCUT2D eigenvalue weighted by Crippen LogP contribution is 2.19. The van der Waals surface area contributed by atoms with Gasteiger partial charge >= 0.3 is 5.97 Å². The predicted octanol–water partition coefficient (Wildman–Crippen LogP) is 3.41. The summed E-state index contributed by atoms with van der Waals surface area (Å²) in [5.74, 6) is -1.49. The molecule has 3 heteroatoms. The van der Waals surface area contributed by atoms with Crippen molar-refractivity contribution in [3.8, 4) is 0 Å². The third kappa shape index (κ3) is 2.77. The molecule has 2 rings (SSSR count). The molecule has 0 aliphatic carbocycles. The van der Waals surface area contributed by atoms with Gasteiger partial charge in [-0.25, -0.2) is 0 Å². The van der Waals surface area contributed by atoms with E-state index in [9.17, 15) is 9.59 Å². The maximum Gasteiger partial charge on any atom is 0.310 e. The molecule has 20 heavy (non-hydrogen) atoms. The molecule has 3 nitrogen and oxygen atoms in total. The van der Waals surface area contributed by atoms with Crippen molar-refractivity contribution < 1.29 is 14.7 Å². The van der Waals surface area contributed by atoms with Gasteiger partial charge in [0, 0.05) is 11.1 Å². The van der Waals surface area contributed by atoms with Crippen molar-refractivity contribution in [1.82, 2.24) is 0 Å². The van der Waals surface area contributed by atoms with Crippen LogP contribution in [0.4, 0.5) is 0 Å². The number of aryl methyl sites for hydroxylation is 1. The summed E-state index contributed by atoms with van der Waals surface area (Å²) in [5, 5.41) is 8.96. The Labute approximate surface area is 117 Å². The maximum atomic E-state index is 12.4. The first-order chi connectivity index (χ1) is 9.50. The van der Waals surface area contributed by atoms with Crippen molar-refractivity contribution in [3.05, 3.63) is 70.8 Å². The molecular weight excluding hydrogens is 252 g/mol. The zero-order valence-electron chi connectivity index (χ0n) is 11.5. The molecule has 1 unspecified atom stereocenters. The van der Waals surface area contributed by atoms with E-state index in [-0.39, 0.29) is 5.78 Å². The van der Waals surface area contributed by atoms with Crippen molar-refractivity contribution in [1.29, 1.82) is 0 Å². The molecule has 0 saturated heterocycles. The molecule has 0 radical (unpaired) electrons. The number of carboxylic acids is 1. The van der Waals surface area contributed by atoms with Crippen LogP contribution >= 0.6 is 0 Å². The van der Waals surface area contributed by atoms with Gasteiger partial charge in [0.2, 0.25) is 0 Å². The van der Waals surface area contributed by atoms with Crippen LogP contribution in [0.5, 0.6) is 0 Å². The average Bonchev–Trinajstić information content (AvgIpc) is 2.46. The SMILES string of the molecule is Cc1ccccc1C(=O)c1ccc(C(C)C(=O)O)cc1. The lowest BCUT2D eigenvalue weighted by Crippen LogP contribution is -2.08. The Morgan fingerprint density at radius 1 is 1.00 bits per heavy atom. The van der Waals surface area contributed by atoms with Crippen LogP contribution < -0.4 is 0 Å². The summed E-state index contributed by atoms with van der Waals surface area (Å²) < 4.78 is 0. The van der Waals surface area contributed by atoms with E-state index in [4.69, 9.17) is 5.11 Å². The molecule has 1 atom stereocenters. The number of carboxylic acid groups (broad SMARTS) is 1. The largest absolute Gasteiger partial charge is 0.481 e. The fourth-order valence-electron chi connectivity index (χ4n) is 2.05. The van der Waals surface area contributed by atoms with Gasteiger partial charge in [-0.05, 0) is 25.0 Å². The first kappa shape index (κ1) is 14.0. The third-order valence-corrected chi connectivity index (χ3v) is 3.43. The van der Waals surface area contributed by atoms with Gasteiger partial charge in [-0.1, -0.05) is 48.5 Å². The van der Waals surface area contributed by atoms with Gasteiger partial charge < -0.3 is 5.11 Å². The summed E-state index contributed by atoms with van der Waals surface area (Å²) >= 11 is 0. The molecule has 0 aromatic heterocycles. The highest BCUT2D eigenvalue weighted by atomic mass is 16.4. The molecule has 0 fully saturated rings. The summed E-state index contributed by atoms with van der Waals surface area (Å²) in [4.78, 5) is 23.3. The van der Waals surface area contributed by atoms with Crippen LogP contribution in [0.2, 0.25) is 0 Å². The van der Waals surface area contributed by atoms with E-state index >= 15 is 0 Å². The lowest BCUT2D eigenvalue weighted by Gasteiger charge is -2.08. The molecule has 0 saturated carbocycles. The van der Waals surface area contributed by atoms with E-state index in [1.165, 1.54) is 0 Å². The van der Waals surface area contributed by atoms with Crippen LogP contribution in [-0.2, 0) is 4.79 Å². The topological polar surface area (TPSA) is 54.4 Å². The Hall–Kier alpha value is -2.42. The highest BCUT2D eigenvalue weighted by molar-refractivity contribution is 6.09. The maximum absolute atomic E-state index is 12.4. The van der Waals surface area contributed by atoms with E-state index in [1.54, 1.807) is 37.3 Å². The van der Waals surface area contributed by atoms with Gasteiger partial charge in [0.05, 0.1) is 5.92 Å². The molecule has 2 aromatic carbocycles. The normalized spacial score (nSPS) is 11.9. The van der Waals surface area contributed by atoms with Crippen LogP contribution in [0.1, 0.15) is 39.9 Å². The minimum absolute atomic E-state index is 0.0439. The number of carbonyl (C=O) groups excluding carboxylic acids is 1. The van der Waals surface area contributed by atoms with Crippen LogP contribution in [0, 0.1) is 6.92 Å². The minimum Gasteiger partial charge on any atom is -0.481 e. The van der Waals surface area contributed by atoms with Gasteiger partial charge in [0.25, 0.3) is 0 Å². The number of benzene rings is 2. The average molecular weight is 268 g/mol. The second-order valence-corrected chi connectivity index (χ2v) is 4.83. The Morgan fingerprint density at radius 2 is 1.60 bits per heavy atom. The van der Waals surface area contributed by atoms with Crippen LogP contribution in [0.15, 0.2) is 48.5 Å². The number of carbonyl (C=O) groups is 2. The highest BCUT2D eigenvalue weighted by Gasteiger charge is 2.15. The van der Waals surface area contributed by atoms with Gasteiger partial charge in [-0.15, -0.1) is 0 Å². The second kappa shape index (κ2) is 5.70. The first-order valence-electron chi connectivity index (χ1n) is 6.44. The molecule has 0 spiro atoms. The zero-order chi connectivity index (χ0) is 14.7. The van der Waals surface area contributed by atoms with Gasteiger partial charge in [-0.2, -0.15) is 0 Å². The van der Waals surface area contributed by atoms with Crippen LogP contribution in [-0.4, -0.2) is 16.9 Å². The van der Waals surface area contributed by atoms with Gasteiger partial charge in [-0.3, -0.25) is 9.59 Å². The Morgan fingerprint density at radius 3 is 2.15 bits per heavy atom. The standard InChI is InChI=1S/C17H16O3/c1-11-5-3-4-6-15(11)16(18)14-9-7-13(8-10-14)12(2)17(19)20/h3-10,12H,1-2H3,(H,19,20). The van der Waals surface area contributed by atoms with Crippen LogP contribution in [0.25, 0.3) is 0 Å². The number of rotatable bonds is 4. The quantitative estimate of drug-likeness (QED) is 0.864. The monoisotopic (exact) mass is 268 g/mol. The minimum atomic E-state index is -0.872. The van der Waals surface area contributed by atoms with E-state index < -0.39 is 11.9 Å². The molecule has 0 aliphatic heterocycles. The number of hydrogen-bond acceptors (Lipinski definition) is 2. The van der Waals surface area contributed by atoms with Gasteiger partial charge in [0.15, 0.2) is 5.78 Å². The zero-order valence-corrected chi connectivity index (χ0v) is 11.5. The van der Waals surface area contributed by atoms with E-state index in [0.29, 0.717) is 16.7 Å². The van der Waals surface area contributed by atoms with Crippen LogP contribution in [0.3, 0.4) is 0 Å². The summed E-state index contributed by atoms with van der Waals surface area (Å²) in [6, 6.07) is 14.2. The second-order valence-electron chi connectivity index (χ2n) is 4.83. The van der Waals surface area contributed by atoms with E-state index in [2.05, 4.69) is 0 Å². The van der Waals surface area contributed by atoms with E-state index in [1.807, 2.05) is 25.1 Å². The molecule has 0 aliphatic rings. The summed E-state index contributed by atoms with van der Waals surface area (Å²) in [6.07, 6.45) is 0. The Balaban J connectivity index is 2.29. The number of aliphatic carboxylic acids is 1. The van der Waals surface area contributed by atoms with E-state index in [0.717, 1.165) is 5.56 Å². The number of hydrogen-bond donors (Lipinski definition) is 1. The van der Waals surface area contributed by atoms with Gasteiger partial charge in [0.1, 0.15) is 0 Å². The molecule has 2 aromatic rings. The Bertz CT molecular complexity index is 642. The predicted molar refractivity (Wildman–Crippen MR) is 77.1 cm³/mol. The molecule has 1 N–H and O–H groups in total. The van der Waals surface area contributed by atoms with Crippen molar-refractivity contribution >= 4 is 11.8 Å². The lowest BCUT2D eigenvalue weighted by atomic mass is 9.95. The van der Waals surface area contributed by atoms with Crippen molar-refractivity contribution in [2.24, 2.45) is 0 Å². The van der Waals surface area contributed by atoms with Crippen molar-refractivity contribution in [2.75, 3.05) is 0 Å². The molecule has 0 bridgehead atoms. The lowest BCUT2D eigenvalue weighted by molar-refractivity contribution is -0.138.